The number of pyridine rings is 1. The Morgan fingerprint density at radius 3 is 2.65 bits per heavy atom. The molecule has 2 saturated heterocycles. The quantitative estimate of drug-likeness (QED) is 0.859. The first kappa shape index (κ1) is 17.7. The van der Waals surface area contributed by atoms with Crippen molar-refractivity contribution < 1.29 is 15.0 Å². The Morgan fingerprint density at radius 1 is 1.15 bits per heavy atom. The molecule has 3 fully saturated rings. The lowest BCUT2D eigenvalue weighted by Gasteiger charge is -2.41. The van der Waals surface area contributed by atoms with Gasteiger partial charge in [-0.3, -0.25) is 4.79 Å². The predicted molar refractivity (Wildman–Crippen MR) is 98.6 cm³/mol. The number of aliphatic hydroxyl groups excluding tert-OH is 2. The molecule has 1 atom stereocenters. The minimum absolute atomic E-state index is 0.000743. The maximum absolute atomic E-state index is 13.3. The predicted octanol–water partition coefficient (Wildman–Crippen LogP) is 1.70. The maximum Gasteiger partial charge on any atom is 0.230 e. The van der Waals surface area contributed by atoms with E-state index in [1.807, 2.05) is 12.1 Å². The molecule has 0 unspecified atom stereocenters. The van der Waals surface area contributed by atoms with Gasteiger partial charge in [0.2, 0.25) is 5.91 Å². The van der Waals surface area contributed by atoms with Gasteiger partial charge in [0.15, 0.2) is 0 Å². The molecule has 1 saturated carbocycles. The van der Waals surface area contributed by atoms with E-state index in [0.29, 0.717) is 11.9 Å². The van der Waals surface area contributed by atoms with E-state index in [0.717, 1.165) is 76.0 Å². The lowest BCUT2D eigenvalue weighted by Crippen LogP contribution is -2.50. The Hall–Kier alpha value is -1.66. The molecule has 6 heteroatoms. The molecule has 1 aromatic rings. The summed E-state index contributed by atoms with van der Waals surface area (Å²) in [5.41, 5.74) is 0.536. The van der Waals surface area contributed by atoms with Gasteiger partial charge in [-0.15, -0.1) is 0 Å². The number of hydrogen-bond acceptors (Lipinski definition) is 5. The van der Waals surface area contributed by atoms with Gasteiger partial charge in [0.1, 0.15) is 5.82 Å². The lowest BCUT2D eigenvalue weighted by atomic mass is 9.78. The number of anilines is 1. The van der Waals surface area contributed by atoms with Gasteiger partial charge in [-0.05, 0) is 56.6 Å². The molecule has 1 spiro atoms. The summed E-state index contributed by atoms with van der Waals surface area (Å²) in [6.07, 6.45) is 7.91. The van der Waals surface area contributed by atoms with Crippen LogP contribution in [0.15, 0.2) is 18.3 Å². The van der Waals surface area contributed by atoms with Gasteiger partial charge in [0.05, 0.1) is 18.1 Å². The van der Waals surface area contributed by atoms with Crippen LogP contribution in [-0.2, 0) is 11.4 Å². The van der Waals surface area contributed by atoms with Crippen molar-refractivity contribution >= 4 is 11.7 Å². The highest BCUT2D eigenvalue weighted by Crippen LogP contribution is 2.43. The number of likely N-dealkylation sites (tertiary alicyclic amines) is 1. The molecular weight excluding hydrogens is 330 g/mol. The zero-order valence-electron chi connectivity index (χ0n) is 15.3. The van der Waals surface area contributed by atoms with Gasteiger partial charge >= 0.3 is 0 Å². The van der Waals surface area contributed by atoms with E-state index in [1.165, 1.54) is 0 Å². The van der Waals surface area contributed by atoms with Crippen molar-refractivity contribution in [3.05, 3.63) is 23.9 Å². The average Bonchev–Trinajstić information content (AvgIpc) is 2.98. The van der Waals surface area contributed by atoms with Crippen molar-refractivity contribution in [1.82, 2.24) is 9.88 Å². The molecule has 142 valence electrons. The van der Waals surface area contributed by atoms with Crippen LogP contribution in [0.3, 0.4) is 0 Å². The number of piperidine rings is 1. The summed E-state index contributed by atoms with van der Waals surface area (Å²) in [7, 11) is 0. The Labute approximate surface area is 154 Å². The summed E-state index contributed by atoms with van der Waals surface area (Å²) in [4.78, 5) is 22.1. The van der Waals surface area contributed by atoms with Crippen LogP contribution in [0.1, 0.15) is 50.5 Å². The number of carbonyl (C=O) groups excluding carboxylic acids is 1. The largest absolute Gasteiger partial charge is 0.393 e. The van der Waals surface area contributed by atoms with Crippen molar-refractivity contribution in [2.24, 2.45) is 5.41 Å². The molecule has 6 nitrogen and oxygen atoms in total. The number of hydrogen-bond donors (Lipinski definition) is 2. The standard InChI is InChI=1S/C20H29N3O3/c24-13-15-2-7-18(21-12-15)22-10-1-8-20(14-22)9-11-23(19(20)26)16-3-5-17(25)6-4-16/h2,7,12,16-17,24-25H,1,3-6,8-11,13-14H2/t16?,17?,20-/m1/s1. The van der Waals surface area contributed by atoms with Crippen molar-refractivity contribution in [2.45, 2.75) is 63.7 Å². The molecule has 1 amide bonds. The monoisotopic (exact) mass is 359 g/mol. The number of aliphatic hydroxyl groups is 2. The smallest absolute Gasteiger partial charge is 0.230 e. The van der Waals surface area contributed by atoms with Crippen molar-refractivity contribution in [2.75, 3.05) is 24.5 Å². The van der Waals surface area contributed by atoms with E-state index in [9.17, 15) is 15.0 Å². The molecule has 1 aromatic heterocycles. The van der Waals surface area contributed by atoms with Gasteiger partial charge < -0.3 is 20.0 Å². The van der Waals surface area contributed by atoms with Gasteiger partial charge in [0.25, 0.3) is 0 Å². The minimum atomic E-state index is -0.272. The van der Waals surface area contributed by atoms with Crippen LogP contribution in [-0.4, -0.2) is 57.8 Å². The summed E-state index contributed by atoms with van der Waals surface area (Å²) in [6.45, 7) is 2.52. The maximum atomic E-state index is 13.3. The van der Waals surface area contributed by atoms with Crippen LogP contribution in [0.25, 0.3) is 0 Å². The summed E-state index contributed by atoms with van der Waals surface area (Å²) in [5.74, 6) is 1.21. The SMILES string of the molecule is O=C1N(C2CCC(O)CC2)CC[C@@]12CCCN(c1ccc(CO)cn1)C2. The number of amides is 1. The summed E-state index contributed by atoms with van der Waals surface area (Å²) < 4.78 is 0. The second-order valence-corrected chi connectivity index (χ2v) is 8.20. The van der Waals surface area contributed by atoms with E-state index in [4.69, 9.17) is 0 Å². The molecule has 2 aliphatic heterocycles. The molecule has 4 rings (SSSR count). The van der Waals surface area contributed by atoms with Gasteiger partial charge in [0, 0.05) is 31.9 Å². The first-order chi connectivity index (χ1) is 12.6. The average molecular weight is 359 g/mol. The number of rotatable bonds is 3. The van der Waals surface area contributed by atoms with Crippen LogP contribution in [0, 0.1) is 5.41 Å². The van der Waals surface area contributed by atoms with Crippen LogP contribution in [0.2, 0.25) is 0 Å². The highest BCUT2D eigenvalue weighted by atomic mass is 16.3. The second-order valence-electron chi connectivity index (χ2n) is 8.20. The van der Waals surface area contributed by atoms with Crippen LogP contribution in [0.4, 0.5) is 5.82 Å². The zero-order valence-corrected chi connectivity index (χ0v) is 15.3. The molecule has 0 aromatic carbocycles. The van der Waals surface area contributed by atoms with E-state index >= 15 is 0 Å². The van der Waals surface area contributed by atoms with E-state index in [1.54, 1.807) is 6.20 Å². The molecule has 0 radical (unpaired) electrons. The lowest BCUT2D eigenvalue weighted by molar-refractivity contribution is -0.139. The Kier molecular flexibility index (Phi) is 4.88. The second kappa shape index (κ2) is 7.16. The number of carbonyl (C=O) groups is 1. The highest BCUT2D eigenvalue weighted by Gasteiger charge is 2.50. The topological polar surface area (TPSA) is 76.9 Å². The Balaban J connectivity index is 1.46. The Bertz CT molecular complexity index is 642. The normalized spacial score (nSPS) is 32.5. The van der Waals surface area contributed by atoms with Crippen molar-refractivity contribution in [3.63, 3.8) is 0 Å². The van der Waals surface area contributed by atoms with Gasteiger partial charge in [-0.25, -0.2) is 4.98 Å². The fourth-order valence-corrected chi connectivity index (χ4v) is 4.97. The van der Waals surface area contributed by atoms with Crippen LogP contribution >= 0.6 is 0 Å². The van der Waals surface area contributed by atoms with Crippen LogP contribution in [0.5, 0.6) is 0 Å². The first-order valence-electron chi connectivity index (χ1n) is 9.91. The third kappa shape index (κ3) is 3.21. The fraction of sp³-hybridized carbons (Fsp3) is 0.700. The third-order valence-corrected chi connectivity index (χ3v) is 6.55. The molecule has 1 aliphatic carbocycles. The fourth-order valence-electron chi connectivity index (χ4n) is 4.97. The van der Waals surface area contributed by atoms with Crippen molar-refractivity contribution in [1.29, 1.82) is 0 Å². The summed E-state index contributed by atoms with van der Waals surface area (Å²) in [6, 6.07) is 4.16. The van der Waals surface area contributed by atoms with Crippen molar-refractivity contribution in [3.8, 4) is 0 Å². The summed E-state index contributed by atoms with van der Waals surface area (Å²) in [5, 5.41) is 18.9. The molecule has 3 aliphatic rings. The first-order valence-corrected chi connectivity index (χ1v) is 9.91. The Morgan fingerprint density at radius 2 is 1.96 bits per heavy atom. The summed E-state index contributed by atoms with van der Waals surface area (Å²) >= 11 is 0. The van der Waals surface area contributed by atoms with E-state index < -0.39 is 0 Å². The van der Waals surface area contributed by atoms with Gasteiger partial charge in [-0.1, -0.05) is 6.07 Å². The molecule has 3 heterocycles. The van der Waals surface area contributed by atoms with E-state index in [2.05, 4.69) is 14.8 Å². The molecule has 2 N–H and O–H groups in total. The molecular formula is C20H29N3O3. The zero-order chi connectivity index (χ0) is 18.1. The number of nitrogens with zero attached hydrogens (tertiary/aromatic N) is 3. The minimum Gasteiger partial charge on any atom is -0.393 e. The van der Waals surface area contributed by atoms with E-state index in [-0.39, 0.29) is 18.1 Å². The van der Waals surface area contributed by atoms with Gasteiger partial charge in [-0.2, -0.15) is 0 Å². The number of aromatic nitrogens is 1. The highest BCUT2D eigenvalue weighted by molar-refractivity contribution is 5.86. The third-order valence-electron chi connectivity index (χ3n) is 6.55. The van der Waals surface area contributed by atoms with Crippen LogP contribution < -0.4 is 4.90 Å². The molecule has 0 bridgehead atoms. The molecule has 26 heavy (non-hydrogen) atoms.